The van der Waals surface area contributed by atoms with Gasteiger partial charge >= 0.3 is 0 Å². The van der Waals surface area contributed by atoms with Gasteiger partial charge in [-0.15, -0.1) is 0 Å². The van der Waals surface area contributed by atoms with Gasteiger partial charge in [0.2, 0.25) is 5.89 Å². The fraction of sp³-hybridized carbons (Fsp3) is 0.733. The Morgan fingerprint density at radius 2 is 2.10 bits per heavy atom. The lowest BCUT2D eigenvalue weighted by Gasteiger charge is -2.41. The molecule has 20 heavy (non-hydrogen) atoms. The molecule has 1 saturated carbocycles. The highest BCUT2D eigenvalue weighted by Gasteiger charge is 2.34. The highest BCUT2D eigenvalue weighted by atomic mass is 16.4. The smallest absolute Gasteiger partial charge is 0.214 e. The summed E-state index contributed by atoms with van der Waals surface area (Å²) in [5, 5.41) is 6.68. The zero-order valence-electron chi connectivity index (χ0n) is 13.0. The molecule has 0 amide bonds. The van der Waals surface area contributed by atoms with Crippen LogP contribution in [0.3, 0.4) is 0 Å². The average Bonchev–Trinajstić information content (AvgIpc) is 2.71. The second kappa shape index (κ2) is 6.29. The summed E-state index contributed by atoms with van der Waals surface area (Å²) in [6.45, 7) is 7.72. The molecule has 112 valence electrons. The normalized spacial score (nSPS) is 17.7. The van der Waals surface area contributed by atoms with E-state index in [0.29, 0.717) is 17.9 Å². The molecule has 1 fully saturated rings. The number of nitrogens with one attached hydrogen (secondary N) is 2. The minimum atomic E-state index is 0.480. The monoisotopic (exact) mass is 278 g/mol. The first-order valence-corrected chi connectivity index (χ1v) is 7.46. The number of aromatic nitrogens is 1. The molecule has 2 N–H and O–H groups in total. The van der Waals surface area contributed by atoms with Gasteiger partial charge in [-0.2, -0.15) is 0 Å². The first kappa shape index (κ1) is 14.9. The van der Waals surface area contributed by atoms with Crippen molar-refractivity contribution >= 4 is 5.96 Å². The Morgan fingerprint density at radius 1 is 1.35 bits per heavy atom. The first-order chi connectivity index (χ1) is 9.58. The molecule has 0 spiro atoms. The molecule has 0 unspecified atom stereocenters. The lowest BCUT2D eigenvalue weighted by Crippen LogP contribution is -2.46. The molecule has 2 rings (SSSR count). The van der Waals surface area contributed by atoms with Crippen molar-refractivity contribution < 1.29 is 4.42 Å². The van der Waals surface area contributed by atoms with E-state index in [1.807, 2.05) is 13.8 Å². The number of oxazole rings is 1. The molecular formula is C15H26N4O. The van der Waals surface area contributed by atoms with Crippen LogP contribution in [0.25, 0.3) is 0 Å². The minimum Gasteiger partial charge on any atom is -0.444 e. The third-order valence-corrected chi connectivity index (χ3v) is 4.50. The maximum Gasteiger partial charge on any atom is 0.214 e. The standard InChI is InChI=1S/C15H26N4O/c1-5-15(7-6-8-15)10-18-14(16-4)17-9-13-19-11(2)12(3)20-13/h5-10H2,1-4H3,(H2,16,17,18). The van der Waals surface area contributed by atoms with Gasteiger partial charge in [-0.3, -0.25) is 4.99 Å². The highest BCUT2D eigenvalue weighted by molar-refractivity contribution is 5.79. The van der Waals surface area contributed by atoms with Crippen molar-refractivity contribution in [1.29, 1.82) is 0 Å². The summed E-state index contributed by atoms with van der Waals surface area (Å²) < 4.78 is 5.55. The van der Waals surface area contributed by atoms with Crippen molar-refractivity contribution in [2.24, 2.45) is 10.4 Å². The number of hydrogen-bond donors (Lipinski definition) is 2. The Labute approximate surface area is 121 Å². The van der Waals surface area contributed by atoms with Crippen molar-refractivity contribution in [3.05, 3.63) is 17.3 Å². The number of nitrogens with zero attached hydrogens (tertiary/aromatic N) is 2. The Hall–Kier alpha value is -1.52. The van der Waals surface area contributed by atoms with Crippen molar-refractivity contribution in [3.63, 3.8) is 0 Å². The van der Waals surface area contributed by atoms with E-state index in [0.717, 1.165) is 24.0 Å². The Kier molecular flexibility index (Phi) is 4.68. The summed E-state index contributed by atoms with van der Waals surface area (Å²) >= 11 is 0. The van der Waals surface area contributed by atoms with Gasteiger partial charge in [-0.25, -0.2) is 4.98 Å². The summed E-state index contributed by atoms with van der Waals surface area (Å²) in [5.74, 6) is 2.40. The largest absolute Gasteiger partial charge is 0.444 e. The lowest BCUT2D eigenvalue weighted by molar-refractivity contribution is 0.131. The van der Waals surface area contributed by atoms with Crippen LogP contribution in [0, 0.1) is 19.3 Å². The van der Waals surface area contributed by atoms with Gasteiger partial charge < -0.3 is 15.1 Å². The minimum absolute atomic E-state index is 0.480. The molecule has 1 aromatic rings. The zero-order chi connectivity index (χ0) is 14.6. The van der Waals surface area contributed by atoms with Crippen molar-refractivity contribution in [1.82, 2.24) is 15.6 Å². The van der Waals surface area contributed by atoms with Crippen LogP contribution in [-0.2, 0) is 6.54 Å². The maximum absolute atomic E-state index is 5.55. The molecule has 0 bridgehead atoms. The third-order valence-electron chi connectivity index (χ3n) is 4.50. The number of aliphatic imine (C=N–C) groups is 1. The molecule has 1 aliphatic carbocycles. The predicted molar refractivity (Wildman–Crippen MR) is 80.8 cm³/mol. The molecule has 0 aromatic carbocycles. The van der Waals surface area contributed by atoms with Crippen LogP contribution in [0.15, 0.2) is 9.41 Å². The lowest BCUT2D eigenvalue weighted by atomic mass is 9.67. The van der Waals surface area contributed by atoms with Gasteiger partial charge in [-0.1, -0.05) is 13.3 Å². The Morgan fingerprint density at radius 3 is 2.55 bits per heavy atom. The van der Waals surface area contributed by atoms with Crippen LogP contribution in [0.5, 0.6) is 0 Å². The second-order valence-corrected chi connectivity index (χ2v) is 5.74. The van der Waals surface area contributed by atoms with Crippen LogP contribution in [0.4, 0.5) is 0 Å². The van der Waals surface area contributed by atoms with E-state index in [1.54, 1.807) is 7.05 Å². The van der Waals surface area contributed by atoms with E-state index >= 15 is 0 Å². The van der Waals surface area contributed by atoms with Crippen LogP contribution in [-0.4, -0.2) is 24.5 Å². The van der Waals surface area contributed by atoms with E-state index in [9.17, 15) is 0 Å². The topological polar surface area (TPSA) is 62.5 Å². The Balaban J connectivity index is 1.81. The van der Waals surface area contributed by atoms with E-state index in [4.69, 9.17) is 4.42 Å². The molecule has 1 aliphatic rings. The van der Waals surface area contributed by atoms with E-state index < -0.39 is 0 Å². The molecule has 5 heteroatoms. The fourth-order valence-electron chi connectivity index (χ4n) is 2.60. The van der Waals surface area contributed by atoms with Gasteiger partial charge in [0.15, 0.2) is 5.96 Å². The third kappa shape index (κ3) is 3.32. The molecule has 1 heterocycles. The van der Waals surface area contributed by atoms with Gasteiger partial charge in [0.25, 0.3) is 0 Å². The summed E-state index contributed by atoms with van der Waals surface area (Å²) in [4.78, 5) is 8.61. The number of aryl methyl sites for hydroxylation is 2. The van der Waals surface area contributed by atoms with Gasteiger partial charge in [0.05, 0.1) is 12.2 Å². The van der Waals surface area contributed by atoms with Crippen LogP contribution in [0.1, 0.15) is 50.0 Å². The van der Waals surface area contributed by atoms with Gasteiger partial charge in [-0.05, 0) is 38.5 Å². The van der Waals surface area contributed by atoms with Gasteiger partial charge in [0.1, 0.15) is 5.76 Å². The molecule has 0 atom stereocenters. The van der Waals surface area contributed by atoms with Crippen molar-refractivity contribution in [2.75, 3.05) is 13.6 Å². The van der Waals surface area contributed by atoms with Crippen LogP contribution in [0.2, 0.25) is 0 Å². The predicted octanol–water partition coefficient (Wildman–Crippen LogP) is 2.54. The Bertz CT molecular complexity index is 449. The van der Waals surface area contributed by atoms with Crippen LogP contribution < -0.4 is 10.6 Å². The summed E-state index contributed by atoms with van der Waals surface area (Å²) in [6, 6.07) is 0. The molecule has 5 nitrogen and oxygen atoms in total. The first-order valence-electron chi connectivity index (χ1n) is 7.46. The maximum atomic E-state index is 5.55. The van der Waals surface area contributed by atoms with E-state index in [2.05, 4.69) is 27.5 Å². The van der Waals surface area contributed by atoms with Crippen molar-refractivity contribution in [3.8, 4) is 0 Å². The molecule has 0 aliphatic heterocycles. The summed E-state index contributed by atoms with van der Waals surface area (Å²) in [6.07, 6.45) is 5.24. The van der Waals surface area contributed by atoms with Crippen molar-refractivity contribution in [2.45, 2.75) is 53.0 Å². The van der Waals surface area contributed by atoms with Gasteiger partial charge in [0, 0.05) is 13.6 Å². The molecule has 1 aromatic heterocycles. The average molecular weight is 278 g/mol. The summed E-state index contributed by atoms with van der Waals surface area (Å²) in [7, 11) is 1.79. The quantitative estimate of drug-likeness (QED) is 0.642. The number of hydrogen-bond acceptors (Lipinski definition) is 3. The SMILES string of the molecule is CCC1(CNC(=NC)NCc2nc(C)c(C)o2)CCC1. The number of guanidine groups is 1. The molecule has 0 saturated heterocycles. The summed E-state index contributed by atoms with van der Waals surface area (Å²) in [5.41, 5.74) is 1.43. The number of rotatable bonds is 5. The fourth-order valence-corrected chi connectivity index (χ4v) is 2.60. The highest BCUT2D eigenvalue weighted by Crippen LogP contribution is 2.42. The zero-order valence-corrected chi connectivity index (χ0v) is 13.0. The molecular weight excluding hydrogens is 252 g/mol. The molecule has 0 radical (unpaired) electrons. The van der Waals surface area contributed by atoms with E-state index in [1.165, 1.54) is 25.7 Å². The van der Waals surface area contributed by atoms with Crippen LogP contribution >= 0.6 is 0 Å². The van der Waals surface area contributed by atoms with E-state index in [-0.39, 0.29) is 0 Å². The second-order valence-electron chi connectivity index (χ2n) is 5.74.